The highest BCUT2D eigenvalue weighted by Crippen LogP contribution is 2.29. The first kappa shape index (κ1) is 32.0. The zero-order chi connectivity index (χ0) is 31.2. The van der Waals surface area contributed by atoms with Crippen LogP contribution in [0.25, 0.3) is 0 Å². The lowest BCUT2D eigenvalue weighted by atomic mass is 10.1. The number of rotatable bonds is 12. The van der Waals surface area contributed by atoms with Crippen LogP contribution in [0, 0.1) is 22.9 Å². The topological polar surface area (TPSA) is 139 Å². The molecular formula is C29H33FN4O7S. The number of sulfonamides is 1. The number of methoxy groups -OCH3 is 1. The Bertz CT molecular complexity index is 1560. The molecule has 0 aliphatic heterocycles. The summed E-state index contributed by atoms with van der Waals surface area (Å²) < 4.78 is 48.5. The number of nitro groups is 1. The minimum Gasteiger partial charge on any atom is -0.497 e. The summed E-state index contributed by atoms with van der Waals surface area (Å²) in [6.45, 7) is 5.32. The normalized spacial score (nSPS) is 12.0. The van der Waals surface area contributed by atoms with Gasteiger partial charge < -0.3 is 15.0 Å². The van der Waals surface area contributed by atoms with Crippen LogP contribution < -0.4 is 14.4 Å². The standard InChI is InChI=1S/C29H33FN4O7S/c1-19(2)31-29(36)21(4)32(17-22-8-6-7-9-26(22)30)28(35)18-33(23-11-13-24(41-5)14-12-23)42(39,40)25-15-10-20(3)27(16-25)34(37)38/h6-16,19,21H,17-18H2,1-5H3,(H,31,36)/t21-/m1/s1. The Morgan fingerprint density at radius 3 is 2.26 bits per heavy atom. The molecule has 3 aromatic rings. The number of aryl methyl sites for hydroxylation is 1. The zero-order valence-electron chi connectivity index (χ0n) is 23.9. The first-order chi connectivity index (χ1) is 19.8. The Balaban J connectivity index is 2.10. The maximum absolute atomic E-state index is 14.6. The van der Waals surface area contributed by atoms with E-state index >= 15 is 0 Å². The van der Waals surface area contributed by atoms with Gasteiger partial charge >= 0.3 is 0 Å². The largest absolute Gasteiger partial charge is 0.497 e. The highest BCUT2D eigenvalue weighted by Gasteiger charge is 2.34. The van der Waals surface area contributed by atoms with Gasteiger partial charge in [-0.05, 0) is 64.1 Å². The number of halogens is 1. The van der Waals surface area contributed by atoms with E-state index in [0.717, 1.165) is 15.3 Å². The maximum Gasteiger partial charge on any atom is 0.273 e. The molecule has 1 atom stereocenters. The molecule has 0 aromatic heterocycles. The van der Waals surface area contributed by atoms with Crippen LogP contribution in [0.3, 0.4) is 0 Å². The van der Waals surface area contributed by atoms with Crippen LogP contribution in [0.2, 0.25) is 0 Å². The number of nitrogens with zero attached hydrogens (tertiary/aromatic N) is 3. The van der Waals surface area contributed by atoms with E-state index in [1.54, 1.807) is 19.9 Å². The lowest BCUT2D eigenvalue weighted by molar-refractivity contribution is -0.385. The molecule has 224 valence electrons. The molecule has 0 aliphatic carbocycles. The summed E-state index contributed by atoms with van der Waals surface area (Å²) >= 11 is 0. The molecule has 0 heterocycles. The van der Waals surface area contributed by atoms with Gasteiger partial charge in [0.15, 0.2) is 0 Å². The van der Waals surface area contributed by atoms with E-state index in [-0.39, 0.29) is 29.4 Å². The van der Waals surface area contributed by atoms with E-state index in [1.165, 1.54) is 75.6 Å². The lowest BCUT2D eigenvalue weighted by Gasteiger charge is -2.32. The summed E-state index contributed by atoms with van der Waals surface area (Å²) in [5.74, 6) is -1.49. The number of anilines is 1. The Morgan fingerprint density at radius 1 is 1.05 bits per heavy atom. The van der Waals surface area contributed by atoms with E-state index in [1.807, 2.05) is 0 Å². The predicted molar refractivity (Wildman–Crippen MR) is 155 cm³/mol. The Labute approximate surface area is 244 Å². The molecule has 0 spiro atoms. The molecular weight excluding hydrogens is 567 g/mol. The van der Waals surface area contributed by atoms with Gasteiger partial charge in [-0.15, -0.1) is 0 Å². The molecule has 0 radical (unpaired) electrons. The molecule has 3 aromatic carbocycles. The van der Waals surface area contributed by atoms with E-state index in [2.05, 4.69) is 5.32 Å². The van der Waals surface area contributed by atoms with Crippen LogP contribution in [0.5, 0.6) is 5.75 Å². The van der Waals surface area contributed by atoms with Gasteiger partial charge in [-0.3, -0.25) is 24.0 Å². The second-order valence-corrected chi connectivity index (χ2v) is 11.7. The molecule has 0 unspecified atom stereocenters. The summed E-state index contributed by atoms with van der Waals surface area (Å²) in [4.78, 5) is 38.4. The van der Waals surface area contributed by atoms with Crippen molar-refractivity contribution in [2.45, 2.75) is 51.2 Å². The summed E-state index contributed by atoms with van der Waals surface area (Å²) in [6, 6.07) is 13.7. The molecule has 0 saturated carbocycles. The summed E-state index contributed by atoms with van der Waals surface area (Å²) in [7, 11) is -3.12. The predicted octanol–water partition coefficient (Wildman–Crippen LogP) is 4.19. The number of hydrogen-bond donors (Lipinski definition) is 1. The fraction of sp³-hybridized carbons (Fsp3) is 0.310. The van der Waals surface area contributed by atoms with E-state index in [4.69, 9.17) is 4.74 Å². The van der Waals surface area contributed by atoms with Gasteiger partial charge in [-0.2, -0.15) is 0 Å². The Hall–Kier alpha value is -4.52. The number of nitrogens with one attached hydrogen (secondary N) is 1. The average molecular weight is 601 g/mol. The first-order valence-electron chi connectivity index (χ1n) is 13.0. The van der Waals surface area contributed by atoms with E-state index < -0.39 is 55.7 Å². The molecule has 11 nitrogen and oxygen atoms in total. The van der Waals surface area contributed by atoms with Gasteiger partial charge in [-0.1, -0.05) is 24.3 Å². The van der Waals surface area contributed by atoms with Crippen LogP contribution >= 0.6 is 0 Å². The quantitative estimate of drug-likeness (QED) is 0.243. The highest BCUT2D eigenvalue weighted by atomic mass is 32.2. The van der Waals surface area contributed by atoms with Crippen molar-refractivity contribution in [2.75, 3.05) is 18.0 Å². The summed E-state index contributed by atoms with van der Waals surface area (Å²) in [6.07, 6.45) is 0. The van der Waals surface area contributed by atoms with Crippen molar-refractivity contribution >= 4 is 33.2 Å². The third-order valence-corrected chi connectivity index (χ3v) is 8.27. The molecule has 0 bridgehead atoms. The number of hydrogen-bond acceptors (Lipinski definition) is 7. The molecule has 42 heavy (non-hydrogen) atoms. The second kappa shape index (κ2) is 13.4. The third-order valence-electron chi connectivity index (χ3n) is 6.50. The van der Waals surface area contributed by atoms with Crippen molar-refractivity contribution in [1.82, 2.24) is 10.2 Å². The van der Waals surface area contributed by atoms with Crippen LogP contribution in [0.4, 0.5) is 15.8 Å². The fourth-order valence-corrected chi connectivity index (χ4v) is 5.58. The molecule has 2 amide bonds. The number of nitro benzene ring substituents is 1. The Kier molecular flexibility index (Phi) is 10.2. The molecule has 13 heteroatoms. The van der Waals surface area contributed by atoms with Crippen molar-refractivity contribution < 1.29 is 32.1 Å². The van der Waals surface area contributed by atoms with Crippen molar-refractivity contribution in [3.05, 3.63) is 93.8 Å². The second-order valence-electron chi connectivity index (χ2n) is 9.87. The van der Waals surface area contributed by atoms with Crippen molar-refractivity contribution in [2.24, 2.45) is 0 Å². The first-order valence-corrected chi connectivity index (χ1v) is 14.4. The number of amides is 2. The van der Waals surface area contributed by atoms with Crippen LogP contribution in [0.15, 0.2) is 71.6 Å². The lowest BCUT2D eigenvalue weighted by Crippen LogP contribution is -2.52. The minimum atomic E-state index is -4.56. The third kappa shape index (κ3) is 7.40. The molecule has 0 saturated heterocycles. The van der Waals surface area contributed by atoms with Gasteiger partial charge in [0.25, 0.3) is 15.7 Å². The van der Waals surface area contributed by atoms with Crippen molar-refractivity contribution in [3.63, 3.8) is 0 Å². The maximum atomic E-state index is 14.6. The smallest absolute Gasteiger partial charge is 0.273 e. The number of carbonyl (C=O) groups excluding carboxylic acids is 2. The minimum absolute atomic E-state index is 0.0671. The number of carbonyl (C=O) groups is 2. The van der Waals surface area contributed by atoms with Crippen LogP contribution in [-0.4, -0.2) is 55.8 Å². The van der Waals surface area contributed by atoms with Gasteiger partial charge in [0.05, 0.1) is 22.6 Å². The van der Waals surface area contributed by atoms with Gasteiger partial charge in [0.1, 0.15) is 24.2 Å². The summed E-state index contributed by atoms with van der Waals surface area (Å²) in [5.41, 5.74) is 0.0462. The van der Waals surface area contributed by atoms with Crippen LogP contribution in [0.1, 0.15) is 31.9 Å². The fourth-order valence-electron chi connectivity index (χ4n) is 4.15. The van der Waals surface area contributed by atoms with Crippen LogP contribution in [-0.2, 0) is 26.2 Å². The SMILES string of the molecule is COc1ccc(N(CC(=O)N(Cc2ccccc2F)[C@H](C)C(=O)NC(C)C)S(=O)(=O)c2ccc(C)c([N+](=O)[O-])c2)cc1. The number of ether oxygens (including phenoxy) is 1. The average Bonchev–Trinajstić information content (AvgIpc) is 2.94. The Morgan fingerprint density at radius 2 is 1.69 bits per heavy atom. The monoisotopic (exact) mass is 600 g/mol. The van der Waals surface area contributed by atoms with E-state index in [0.29, 0.717) is 5.75 Å². The van der Waals surface area contributed by atoms with Gasteiger partial charge in [0.2, 0.25) is 11.8 Å². The molecule has 3 rings (SSSR count). The molecule has 0 fully saturated rings. The van der Waals surface area contributed by atoms with Crippen molar-refractivity contribution in [1.29, 1.82) is 0 Å². The molecule has 1 N–H and O–H groups in total. The van der Waals surface area contributed by atoms with Gasteiger partial charge in [0, 0.05) is 29.8 Å². The number of benzene rings is 3. The molecule has 0 aliphatic rings. The highest BCUT2D eigenvalue weighted by molar-refractivity contribution is 7.92. The zero-order valence-corrected chi connectivity index (χ0v) is 24.7. The van der Waals surface area contributed by atoms with E-state index in [9.17, 15) is 32.5 Å². The van der Waals surface area contributed by atoms with Gasteiger partial charge in [-0.25, -0.2) is 12.8 Å². The summed E-state index contributed by atoms with van der Waals surface area (Å²) in [5, 5.41) is 14.3. The van der Waals surface area contributed by atoms with Crippen molar-refractivity contribution in [3.8, 4) is 5.75 Å².